The van der Waals surface area contributed by atoms with Crippen LogP contribution in [0.4, 0.5) is 0 Å². The summed E-state index contributed by atoms with van der Waals surface area (Å²) >= 11 is 0. The summed E-state index contributed by atoms with van der Waals surface area (Å²) in [6.45, 7) is 2.46. The predicted octanol–water partition coefficient (Wildman–Crippen LogP) is -1.30. The Bertz CT molecular complexity index is 173. The van der Waals surface area contributed by atoms with Crippen LogP contribution in [-0.4, -0.2) is 26.6 Å². The molecule has 1 aromatic rings. The fraction of sp³-hybridized carbons (Fsp3) is 0.143. The summed E-state index contributed by atoms with van der Waals surface area (Å²) in [5, 5.41) is 1.70. The van der Waals surface area contributed by atoms with Gasteiger partial charge in [0.2, 0.25) is 0 Å². The molecule has 1 aromatic carbocycles. The van der Waals surface area contributed by atoms with E-state index in [1.54, 1.807) is 5.19 Å². The van der Waals surface area contributed by atoms with Crippen molar-refractivity contribution in [2.75, 3.05) is 0 Å². The summed E-state index contributed by atoms with van der Waals surface area (Å²) in [5.74, 6) is 0. The molecule has 0 heterocycles. The number of hydrogen-bond acceptors (Lipinski definition) is 0. The summed E-state index contributed by atoms with van der Waals surface area (Å²) in [5.41, 5.74) is 0. The van der Waals surface area contributed by atoms with Gasteiger partial charge in [0.05, 0.1) is 0 Å². The second-order valence-corrected chi connectivity index (χ2v) is 18.6. The second kappa shape index (κ2) is 4.65. The van der Waals surface area contributed by atoms with Crippen LogP contribution in [-0.2, 0) is 0 Å². The molecule has 0 spiro atoms. The molecule has 1 rings (SSSR count). The highest BCUT2D eigenvalue weighted by Crippen LogP contribution is 1.79. The van der Waals surface area contributed by atoms with Crippen molar-refractivity contribution in [3.05, 3.63) is 30.3 Å². The molecule has 0 saturated heterocycles. The maximum Gasteiger partial charge on any atom is 0.0392 e. The number of benzene rings is 1. The van der Waals surface area contributed by atoms with Gasteiger partial charge >= 0.3 is 0 Å². The van der Waals surface area contributed by atoms with Crippen molar-refractivity contribution in [2.45, 2.75) is 6.55 Å². The minimum Gasteiger partial charge on any atom is -0.0773 e. The monoisotopic (exact) mass is 182 g/mol. The van der Waals surface area contributed by atoms with Gasteiger partial charge in [0, 0.05) is 26.6 Å². The van der Waals surface area contributed by atoms with E-state index in [0.717, 1.165) is 0 Å². The normalized spacial score (nSPS) is 13.3. The van der Waals surface area contributed by atoms with Crippen molar-refractivity contribution in [2.24, 2.45) is 0 Å². The standard InChI is InChI=1S/C7H14Si3/c1-8-10-9-7-5-3-2-4-6-7/h2-6H,8-10H2,1H3. The average Bonchev–Trinajstić information content (AvgIpc) is 2.03. The van der Waals surface area contributed by atoms with E-state index < -0.39 is 0 Å². The molecule has 0 amide bonds. The van der Waals surface area contributed by atoms with Gasteiger partial charge in [-0.15, -0.1) is 0 Å². The van der Waals surface area contributed by atoms with Crippen LogP contribution in [0.15, 0.2) is 30.3 Å². The summed E-state index contributed by atoms with van der Waals surface area (Å²) in [4.78, 5) is 0. The molecule has 0 fully saturated rings. The molecular formula is C7H14Si3. The van der Waals surface area contributed by atoms with Crippen molar-refractivity contribution in [3.8, 4) is 0 Å². The van der Waals surface area contributed by atoms with Gasteiger partial charge in [-0.25, -0.2) is 0 Å². The maximum absolute atomic E-state index is 2.46. The molecule has 3 heteroatoms. The quantitative estimate of drug-likeness (QED) is 0.510. The van der Waals surface area contributed by atoms with E-state index in [9.17, 15) is 0 Å². The fourth-order valence-corrected chi connectivity index (χ4v) is 12.5. The van der Waals surface area contributed by atoms with Gasteiger partial charge < -0.3 is 0 Å². The summed E-state index contributed by atoms with van der Waals surface area (Å²) < 4.78 is 0. The third-order valence-corrected chi connectivity index (χ3v) is 18.2. The van der Waals surface area contributed by atoms with Crippen molar-refractivity contribution in [1.82, 2.24) is 0 Å². The third kappa shape index (κ3) is 2.64. The zero-order valence-corrected chi connectivity index (χ0v) is 10.8. The summed E-state index contributed by atoms with van der Waals surface area (Å²) in [7, 11) is 1.26. The van der Waals surface area contributed by atoms with Gasteiger partial charge in [0.1, 0.15) is 0 Å². The van der Waals surface area contributed by atoms with Crippen LogP contribution in [0.3, 0.4) is 0 Å². The molecular weight excluding hydrogens is 168 g/mol. The zero-order valence-electron chi connectivity index (χ0n) is 6.51. The van der Waals surface area contributed by atoms with Gasteiger partial charge in [0.15, 0.2) is 0 Å². The van der Waals surface area contributed by atoms with Crippen LogP contribution in [0.1, 0.15) is 0 Å². The molecule has 0 bridgehead atoms. The Labute approximate surface area is 69.1 Å². The smallest absolute Gasteiger partial charge is 0.0392 e. The molecule has 0 saturated carbocycles. The molecule has 10 heavy (non-hydrogen) atoms. The van der Waals surface area contributed by atoms with E-state index in [0.29, 0.717) is 17.6 Å². The minimum absolute atomic E-state index is 0.289. The highest BCUT2D eigenvalue weighted by atomic mass is 29.5. The highest BCUT2D eigenvalue weighted by molar-refractivity contribution is 7.32. The van der Waals surface area contributed by atoms with E-state index in [2.05, 4.69) is 36.9 Å². The van der Waals surface area contributed by atoms with Crippen LogP contribution in [0.2, 0.25) is 6.55 Å². The molecule has 0 N–H and O–H groups in total. The van der Waals surface area contributed by atoms with Gasteiger partial charge in [-0.2, -0.15) is 0 Å². The van der Waals surface area contributed by atoms with Crippen LogP contribution in [0.5, 0.6) is 0 Å². The van der Waals surface area contributed by atoms with E-state index in [1.807, 2.05) is 0 Å². The largest absolute Gasteiger partial charge is 0.0773 e. The molecule has 0 nitrogen and oxygen atoms in total. The van der Waals surface area contributed by atoms with E-state index in [4.69, 9.17) is 0 Å². The maximum atomic E-state index is 2.46. The first kappa shape index (κ1) is 7.97. The molecule has 0 radical (unpaired) electrons. The van der Waals surface area contributed by atoms with Crippen molar-refractivity contribution >= 4 is 31.8 Å². The predicted molar refractivity (Wildman–Crippen MR) is 57.6 cm³/mol. The first-order valence-electron chi connectivity index (χ1n) is 3.97. The number of hydrogen-bond donors (Lipinski definition) is 0. The Morgan fingerprint density at radius 1 is 1.10 bits per heavy atom. The SMILES string of the molecule is C[SiH2][SiH2][SiH2]c1ccccc1. The van der Waals surface area contributed by atoms with Crippen molar-refractivity contribution < 1.29 is 0 Å². The zero-order chi connectivity index (χ0) is 7.23. The van der Waals surface area contributed by atoms with E-state index >= 15 is 0 Å². The van der Waals surface area contributed by atoms with Gasteiger partial charge in [-0.3, -0.25) is 0 Å². The first-order valence-corrected chi connectivity index (χ1v) is 14.1. The summed E-state index contributed by atoms with van der Waals surface area (Å²) in [6.07, 6.45) is 0. The van der Waals surface area contributed by atoms with Gasteiger partial charge in [-0.05, 0) is 0 Å². The Balaban J connectivity index is 2.43. The fourth-order valence-electron chi connectivity index (χ4n) is 1.03. The average molecular weight is 182 g/mol. The number of rotatable bonds is 3. The Morgan fingerprint density at radius 2 is 1.80 bits per heavy atom. The lowest BCUT2D eigenvalue weighted by molar-refractivity contribution is 1.77. The molecule has 0 aliphatic rings. The lowest BCUT2D eigenvalue weighted by Gasteiger charge is -1.94. The molecule has 54 valence electrons. The lowest BCUT2D eigenvalue weighted by atomic mass is 10.4. The van der Waals surface area contributed by atoms with Crippen LogP contribution in [0, 0.1) is 0 Å². The van der Waals surface area contributed by atoms with Crippen LogP contribution in [0.25, 0.3) is 0 Å². The first-order chi connectivity index (χ1) is 4.93. The molecule has 0 unspecified atom stereocenters. The van der Waals surface area contributed by atoms with Crippen LogP contribution >= 0.6 is 0 Å². The third-order valence-electron chi connectivity index (χ3n) is 1.66. The van der Waals surface area contributed by atoms with Crippen molar-refractivity contribution in [1.29, 1.82) is 0 Å². The molecule has 0 aliphatic heterocycles. The minimum atomic E-state index is 0.289. The molecule has 0 atom stereocenters. The van der Waals surface area contributed by atoms with Crippen LogP contribution < -0.4 is 5.19 Å². The summed E-state index contributed by atoms with van der Waals surface area (Å²) in [6, 6.07) is 11.1. The van der Waals surface area contributed by atoms with E-state index in [-0.39, 0.29) is 9.04 Å². The Hall–Kier alpha value is -0.129. The Morgan fingerprint density at radius 3 is 2.40 bits per heavy atom. The van der Waals surface area contributed by atoms with Crippen molar-refractivity contribution in [3.63, 3.8) is 0 Å². The van der Waals surface area contributed by atoms with E-state index in [1.165, 1.54) is 0 Å². The van der Waals surface area contributed by atoms with Gasteiger partial charge in [-0.1, -0.05) is 42.1 Å². The lowest BCUT2D eigenvalue weighted by Crippen LogP contribution is -2.23. The highest BCUT2D eigenvalue weighted by Gasteiger charge is 1.89. The van der Waals surface area contributed by atoms with Gasteiger partial charge in [0.25, 0.3) is 0 Å². The molecule has 0 aliphatic carbocycles. The second-order valence-electron chi connectivity index (χ2n) is 2.59. The molecule has 0 aromatic heterocycles. The Kier molecular flexibility index (Phi) is 3.71. The topological polar surface area (TPSA) is 0 Å².